The summed E-state index contributed by atoms with van der Waals surface area (Å²) in [5.74, 6) is 0.701. The second-order valence-corrected chi connectivity index (χ2v) is 6.86. The third-order valence-corrected chi connectivity index (χ3v) is 5.10. The van der Waals surface area contributed by atoms with E-state index in [9.17, 15) is 0 Å². The van der Waals surface area contributed by atoms with Gasteiger partial charge in [0, 0.05) is 27.9 Å². The highest BCUT2D eigenvalue weighted by Crippen LogP contribution is 2.29. The van der Waals surface area contributed by atoms with E-state index in [4.69, 9.17) is 0 Å². The first-order chi connectivity index (χ1) is 8.70. The molecule has 2 rings (SSSR count). The van der Waals surface area contributed by atoms with Gasteiger partial charge in [0.1, 0.15) is 0 Å². The van der Waals surface area contributed by atoms with E-state index in [1.807, 2.05) is 22.7 Å². The van der Waals surface area contributed by atoms with Crippen molar-refractivity contribution in [3.63, 3.8) is 0 Å². The van der Waals surface area contributed by atoms with E-state index >= 15 is 0 Å². The lowest BCUT2D eigenvalue weighted by Crippen LogP contribution is -2.32. The zero-order valence-electron chi connectivity index (χ0n) is 11.3. The predicted molar refractivity (Wildman–Crippen MR) is 83.4 cm³/mol. The summed E-state index contributed by atoms with van der Waals surface area (Å²) in [7, 11) is 0. The number of thiophene rings is 2. The van der Waals surface area contributed by atoms with Crippen molar-refractivity contribution in [1.82, 2.24) is 5.32 Å². The molecule has 1 atom stereocenters. The molecule has 0 amide bonds. The maximum atomic E-state index is 3.66. The van der Waals surface area contributed by atoms with Gasteiger partial charge in [0.15, 0.2) is 0 Å². The van der Waals surface area contributed by atoms with Crippen LogP contribution >= 0.6 is 22.7 Å². The van der Waals surface area contributed by atoms with Gasteiger partial charge in [0.25, 0.3) is 0 Å². The summed E-state index contributed by atoms with van der Waals surface area (Å²) in [4.78, 5) is 2.80. The minimum atomic E-state index is 0.622. The van der Waals surface area contributed by atoms with Crippen LogP contribution in [0.2, 0.25) is 0 Å². The fourth-order valence-electron chi connectivity index (χ4n) is 2.13. The molecule has 0 spiro atoms. The molecule has 0 aromatic carbocycles. The minimum Gasteiger partial charge on any atom is -0.309 e. The van der Waals surface area contributed by atoms with Crippen LogP contribution in [0.4, 0.5) is 0 Å². The van der Waals surface area contributed by atoms with Crippen LogP contribution in [0.15, 0.2) is 29.0 Å². The summed E-state index contributed by atoms with van der Waals surface area (Å²) >= 11 is 3.67. The molecule has 2 heterocycles. The molecule has 18 heavy (non-hydrogen) atoms. The van der Waals surface area contributed by atoms with Crippen LogP contribution in [0.3, 0.4) is 0 Å². The third-order valence-electron chi connectivity index (χ3n) is 3.24. The minimum absolute atomic E-state index is 0.622. The molecule has 0 aliphatic rings. The Morgan fingerprint density at radius 1 is 1.28 bits per heavy atom. The molecule has 0 bridgehead atoms. The van der Waals surface area contributed by atoms with Crippen LogP contribution in [-0.4, -0.2) is 6.04 Å². The first kappa shape index (κ1) is 13.8. The van der Waals surface area contributed by atoms with E-state index in [1.165, 1.54) is 21.7 Å². The molecule has 0 radical (unpaired) electrons. The lowest BCUT2D eigenvalue weighted by molar-refractivity contribution is 0.389. The average molecular weight is 279 g/mol. The summed E-state index contributed by atoms with van der Waals surface area (Å²) in [5.41, 5.74) is 1.37. The normalized spacial score (nSPS) is 13.1. The summed E-state index contributed by atoms with van der Waals surface area (Å²) in [5, 5.41) is 8.06. The lowest BCUT2D eigenvalue weighted by atomic mass is 10.0. The summed E-state index contributed by atoms with van der Waals surface area (Å²) in [6.45, 7) is 7.81. The van der Waals surface area contributed by atoms with E-state index in [2.05, 4.69) is 55.0 Å². The number of rotatable bonds is 6. The van der Waals surface area contributed by atoms with E-state index in [0.29, 0.717) is 12.0 Å². The van der Waals surface area contributed by atoms with E-state index in [-0.39, 0.29) is 0 Å². The van der Waals surface area contributed by atoms with Crippen molar-refractivity contribution in [2.45, 2.75) is 39.8 Å². The maximum Gasteiger partial charge on any atom is 0.0351 e. The zero-order chi connectivity index (χ0) is 13.0. The fourth-order valence-corrected chi connectivity index (χ4v) is 3.75. The van der Waals surface area contributed by atoms with Crippen molar-refractivity contribution in [3.8, 4) is 10.4 Å². The maximum absolute atomic E-state index is 3.66. The summed E-state index contributed by atoms with van der Waals surface area (Å²) in [6.07, 6.45) is 1.20. The molecule has 1 N–H and O–H groups in total. The van der Waals surface area contributed by atoms with E-state index in [0.717, 1.165) is 6.54 Å². The highest BCUT2D eigenvalue weighted by molar-refractivity contribution is 7.14. The molecule has 1 unspecified atom stereocenters. The van der Waals surface area contributed by atoms with E-state index < -0.39 is 0 Å². The van der Waals surface area contributed by atoms with E-state index in [1.54, 1.807) is 0 Å². The smallest absolute Gasteiger partial charge is 0.0351 e. The van der Waals surface area contributed by atoms with Crippen molar-refractivity contribution in [3.05, 3.63) is 33.8 Å². The molecule has 3 heteroatoms. The monoisotopic (exact) mass is 279 g/mol. The Balaban J connectivity index is 1.95. The SMILES string of the molecule is CCC(NCc1cc(-c2cccs2)cs1)C(C)C. The highest BCUT2D eigenvalue weighted by Gasteiger charge is 2.10. The predicted octanol–water partition coefficient (Wildman–Crippen LogP) is 5.00. The number of nitrogens with one attached hydrogen (secondary N) is 1. The average Bonchev–Trinajstić information content (AvgIpc) is 2.99. The van der Waals surface area contributed by atoms with Gasteiger partial charge in [-0.1, -0.05) is 26.8 Å². The molecule has 98 valence electrons. The highest BCUT2D eigenvalue weighted by atomic mass is 32.1. The molecule has 2 aromatic heterocycles. The van der Waals surface area contributed by atoms with Crippen LogP contribution in [0.5, 0.6) is 0 Å². The zero-order valence-corrected chi connectivity index (χ0v) is 12.9. The topological polar surface area (TPSA) is 12.0 Å². The molecule has 0 saturated heterocycles. The van der Waals surface area contributed by atoms with Gasteiger partial charge in [0.05, 0.1) is 0 Å². The van der Waals surface area contributed by atoms with Crippen LogP contribution < -0.4 is 5.32 Å². The summed E-state index contributed by atoms with van der Waals surface area (Å²) < 4.78 is 0. The standard InChI is InChI=1S/C15H21NS2/c1-4-14(11(2)3)16-9-13-8-12(10-18-13)15-6-5-7-17-15/h5-8,10-11,14,16H,4,9H2,1-3H3. The quantitative estimate of drug-likeness (QED) is 0.784. The summed E-state index contributed by atoms with van der Waals surface area (Å²) in [6, 6.07) is 7.24. The first-order valence-corrected chi connectivity index (χ1v) is 8.31. The van der Waals surface area contributed by atoms with Crippen LogP contribution in [0.25, 0.3) is 10.4 Å². The third kappa shape index (κ3) is 3.44. The molecule has 0 fully saturated rings. The largest absolute Gasteiger partial charge is 0.309 e. The molecular weight excluding hydrogens is 258 g/mol. The van der Waals surface area contributed by atoms with Gasteiger partial charge in [-0.2, -0.15) is 0 Å². The Kier molecular flexibility index (Phi) is 4.98. The Bertz CT molecular complexity index is 457. The Morgan fingerprint density at radius 3 is 2.72 bits per heavy atom. The van der Waals surface area contributed by atoms with Crippen LogP contribution in [-0.2, 0) is 6.54 Å². The molecule has 0 aliphatic heterocycles. The number of hydrogen-bond acceptors (Lipinski definition) is 3. The Labute approximate surface area is 118 Å². The van der Waals surface area contributed by atoms with Gasteiger partial charge < -0.3 is 5.32 Å². The van der Waals surface area contributed by atoms with Crippen molar-refractivity contribution < 1.29 is 0 Å². The molecule has 1 nitrogen and oxygen atoms in total. The van der Waals surface area contributed by atoms with Gasteiger partial charge in [0.2, 0.25) is 0 Å². The van der Waals surface area contributed by atoms with Crippen LogP contribution in [0, 0.1) is 5.92 Å². The van der Waals surface area contributed by atoms with Gasteiger partial charge in [-0.15, -0.1) is 22.7 Å². The molecular formula is C15H21NS2. The van der Waals surface area contributed by atoms with Crippen molar-refractivity contribution in [2.24, 2.45) is 5.92 Å². The molecule has 0 aliphatic carbocycles. The van der Waals surface area contributed by atoms with Crippen LogP contribution in [0.1, 0.15) is 32.1 Å². The van der Waals surface area contributed by atoms with Gasteiger partial charge in [-0.3, -0.25) is 0 Å². The Morgan fingerprint density at radius 2 is 2.11 bits per heavy atom. The van der Waals surface area contributed by atoms with Crippen molar-refractivity contribution in [2.75, 3.05) is 0 Å². The van der Waals surface area contributed by atoms with Gasteiger partial charge in [-0.05, 0) is 35.2 Å². The van der Waals surface area contributed by atoms with Gasteiger partial charge >= 0.3 is 0 Å². The van der Waals surface area contributed by atoms with Crippen molar-refractivity contribution >= 4 is 22.7 Å². The lowest BCUT2D eigenvalue weighted by Gasteiger charge is -2.20. The molecule has 0 saturated carbocycles. The Hall–Kier alpha value is -0.640. The molecule has 2 aromatic rings. The number of hydrogen-bond donors (Lipinski definition) is 1. The second-order valence-electron chi connectivity index (χ2n) is 4.92. The van der Waals surface area contributed by atoms with Crippen molar-refractivity contribution in [1.29, 1.82) is 0 Å². The second kappa shape index (κ2) is 6.50. The van der Waals surface area contributed by atoms with Gasteiger partial charge in [-0.25, -0.2) is 0 Å². The first-order valence-electron chi connectivity index (χ1n) is 6.55. The fraction of sp³-hybridized carbons (Fsp3) is 0.467.